The van der Waals surface area contributed by atoms with Crippen molar-refractivity contribution in [2.24, 2.45) is 0 Å². The highest BCUT2D eigenvalue weighted by Gasteiger charge is 2.03. The molecule has 3 heteroatoms. The number of rotatable bonds is 1. The van der Waals surface area contributed by atoms with Crippen LogP contribution in [0, 0.1) is 0 Å². The second kappa shape index (κ2) is 2.83. The van der Waals surface area contributed by atoms with Crippen molar-refractivity contribution in [2.75, 3.05) is 0 Å². The monoisotopic (exact) mass is 178 g/mol. The van der Waals surface area contributed by atoms with Crippen LogP contribution in [0.3, 0.4) is 0 Å². The van der Waals surface area contributed by atoms with E-state index in [0.717, 1.165) is 11.2 Å². The van der Waals surface area contributed by atoms with Crippen LogP contribution in [-0.4, -0.2) is 10.2 Å². The molecule has 0 saturated heterocycles. The molecular formula is C9H10N2S. The van der Waals surface area contributed by atoms with E-state index >= 15 is 0 Å². The number of hydrogen-bond acceptors (Lipinski definition) is 3. The lowest BCUT2D eigenvalue weighted by Gasteiger charge is -2.01. The summed E-state index contributed by atoms with van der Waals surface area (Å²) in [5.41, 5.74) is 2.08. The maximum atomic E-state index is 4.14. The number of fused-ring (bicyclic) bond motifs is 1. The minimum absolute atomic E-state index is 0.462. The fourth-order valence-corrected chi connectivity index (χ4v) is 1.82. The van der Waals surface area contributed by atoms with Crippen molar-refractivity contribution < 1.29 is 0 Å². The molecule has 0 atom stereocenters. The Morgan fingerprint density at radius 1 is 1.33 bits per heavy atom. The minimum Gasteiger partial charge on any atom is -0.155 e. The number of thiophene rings is 1. The van der Waals surface area contributed by atoms with Crippen molar-refractivity contribution in [3.8, 4) is 0 Å². The van der Waals surface area contributed by atoms with Gasteiger partial charge in [-0.2, -0.15) is 5.10 Å². The van der Waals surface area contributed by atoms with E-state index in [4.69, 9.17) is 0 Å². The van der Waals surface area contributed by atoms with Crippen molar-refractivity contribution in [1.82, 2.24) is 10.2 Å². The third-order valence-electron chi connectivity index (χ3n) is 1.82. The zero-order valence-electron chi connectivity index (χ0n) is 7.11. The highest BCUT2D eigenvalue weighted by molar-refractivity contribution is 7.17. The molecule has 0 saturated carbocycles. The molecule has 0 aliphatic carbocycles. The van der Waals surface area contributed by atoms with Crippen LogP contribution in [0.25, 0.3) is 10.2 Å². The first kappa shape index (κ1) is 7.68. The normalized spacial score (nSPS) is 11.2. The van der Waals surface area contributed by atoms with E-state index in [0.29, 0.717) is 5.92 Å². The molecular weight excluding hydrogens is 168 g/mol. The first-order valence-corrected chi connectivity index (χ1v) is 4.86. The van der Waals surface area contributed by atoms with Gasteiger partial charge in [0.05, 0.1) is 10.4 Å². The van der Waals surface area contributed by atoms with Gasteiger partial charge in [0.1, 0.15) is 5.52 Å². The fraction of sp³-hybridized carbons (Fsp3) is 0.333. The van der Waals surface area contributed by atoms with E-state index in [1.807, 2.05) is 11.4 Å². The van der Waals surface area contributed by atoms with Crippen molar-refractivity contribution >= 4 is 21.6 Å². The van der Waals surface area contributed by atoms with Crippen LogP contribution in [0.15, 0.2) is 17.5 Å². The molecule has 0 unspecified atom stereocenters. The van der Waals surface area contributed by atoms with Crippen molar-refractivity contribution in [3.63, 3.8) is 0 Å². The van der Waals surface area contributed by atoms with Crippen LogP contribution < -0.4 is 0 Å². The summed E-state index contributed by atoms with van der Waals surface area (Å²) in [4.78, 5) is 0. The molecule has 0 amide bonds. The summed E-state index contributed by atoms with van der Waals surface area (Å²) in [6.45, 7) is 4.26. The first-order chi connectivity index (χ1) is 5.77. The van der Waals surface area contributed by atoms with E-state index < -0.39 is 0 Å². The van der Waals surface area contributed by atoms with Gasteiger partial charge in [0, 0.05) is 0 Å². The van der Waals surface area contributed by atoms with E-state index in [2.05, 4.69) is 30.1 Å². The Hall–Kier alpha value is -0.960. The summed E-state index contributed by atoms with van der Waals surface area (Å²) in [5.74, 6) is 0.462. The SMILES string of the molecule is CC(C)c1cc2sccc2nn1. The molecule has 12 heavy (non-hydrogen) atoms. The molecule has 0 aliphatic rings. The Morgan fingerprint density at radius 3 is 2.92 bits per heavy atom. The van der Waals surface area contributed by atoms with Crippen LogP contribution in [0.1, 0.15) is 25.5 Å². The summed E-state index contributed by atoms with van der Waals surface area (Å²) in [5, 5.41) is 10.3. The van der Waals surface area contributed by atoms with Gasteiger partial charge in [0.25, 0.3) is 0 Å². The topological polar surface area (TPSA) is 25.8 Å². The Labute approximate surface area is 75.3 Å². The quantitative estimate of drug-likeness (QED) is 0.671. The van der Waals surface area contributed by atoms with Gasteiger partial charge < -0.3 is 0 Å². The van der Waals surface area contributed by atoms with Crippen LogP contribution >= 0.6 is 11.3 Å². The lowest BCUT2D eigenvalue weighted by atomic mass is 10.1. The van der Waals surface area contributed by atoms with Crippen molar-refractivity contribution in [2.45, 2.75) is 19.8 Å². The second-order valence-corrected chi connectivity index (χ2v) is 4.04. The van der Waals surface area contributed by atoms with Gasteiger partial charge in [0.15, 0.2) is 0 Å². The third-order valence-corrected chi connectivity index (χ3v) is 2.67. The molecule has 62 valence electrons. The Bertz CT molecular complexity index is 392. The van der Waals surface area contributed by atoms with Crippen molar-refractivity contribution in [3.05, 3.63) is 23.2 Å². The van der Waals surface area contributed by atoms with Gasteiger partial charge in [-0.1, -0.05) is 13.8 Å². The highest BCUT2D eigenvalue weighted by Crippen LogP contribution is 2.21. The fourth-order valence-electron chi connectivity index (χ4n) is 1.06. The van der Waals surface area contributed by atoms with Crippen molar-refractivity contribution in [1.29, 1.82) is 0 Å². The average molecular weight is 178 g/mol. The molecule has 0 aliphatic heterocycles. The van der Waals surface area contributed by atoms with Crippen LogP contribution in [0.2, 0.25) is 0 Å². The average Bonchev–Trinajstić information content (AvgIpc) is 2.49. The van der Waals surface area contributed by atoms with Gasteiger partial charge >= 0.3 is 0 Å². The summed E-state index contributed by atoms with van der Waals surface area (Å²) in [7, 11) is 0. The smallest absolute Gasteiger partial charge is 0.104 e. The van der Waals surface area contributed by atoms with Crippen LogP contribution in [0.5, 0.6) is 0 Å². The number of hydrogen-bond donors (Lipinski definition) is 0. The largest absolute Gasteiger partial charge is 0.155 e. The predicted molar refractivity (Wildman–Crippen MR) is 51.5 cm³/mol. The second-order valence-electron chi connectivity index (χ2n) is 3.09. The van der Waals surface area contributed by atoms with Gasteiger partial charge in [-0.05, 0) is 23.4 Å². The Morgan fingerprint density at radius 2 is 2.17 bits per heavy atom. The lowest BCUT2D eigenvalue weighted by Crippen LogP contribution is -1.93. The minimum atomic E-state index is 0.462. The van der Waals surface area contributed by atoms with Crippen LogP contribution in [-0.2, 0) is 0 Å². The van der Waals surface area contributed by atoms with E-state index in [1.54, 1.807) is 11.3 Å². The zero-order valence-corrected chi connectivity index (χ0v) is 7.93. The molecule has 0 N–H and O–H groups in total. The summed E-state index contributed by atoms with van der Waals surface area (Å²) in [6, 6.07) is 4.12. The molecule has 0 fully saturated rings. The van der Waals surface area contributed by atoms with E-state index in [1.165, 1.54) is 4.70 Å². The standard InChI is InChI=1S/C9H10N2S/c1-6(2)8-5-9-7(10-11-8)3-4-12-9/h3-6H,1-2H3. The van der Waals surface area contributed by atoms with Gasteiger partial charge in [-0.25, -0.2) is 0 Å². The number of aromatic nitrogens is 2. The molecule has 0 bridgehead atoms. The predicted octanol–water partition coefficient (Wildman–Crippen LogP) is 2.81. The Kier molecular flexibility index (Phi) is 1.81. The third kappa shape index (κ3) is 1.20. The molecule has 0 spiro atoms. The molecule has 2 heterocycles. The number of nitrogens with zero attached hydrogens (tertiary/aromatic N) is 2. The maximum absolute atomic E-state index is 4.14. The lowest BCUT2D eigenvalue weighted by molar-refractivity contribution is 0.795. The molecule has 0 aromatic carbocycles. The van der Waals surface area contributed by atoms with Gasteiger partial charge in [-0.15, -0.1) is 16.4 Å². The maximum Gasteiger partial charge on any atom is 0.104 e. The van der Waals surface area contributed by atoms with Crippen LogP contribution in [0.4, 0.5) is 0 Å². The van der Waals surface area contributed by atoms with Gasteiger partial charge in [-0.3, -0.25) is 0 Å². The molecule has 2 nitrogen and oxygen atoms in total. The van der Waals surface area contributed by atoms with E-state index in [9.17, 15) is 0 Å². The molecule has 2 rings (SSSR count). The summed E-state index contributed by atoms with van der Waals surface area (Å²) >= 11 is 1.72. The zero-order chi connectivity index (χ0) is 8.55. The molecule has 2 aromatic rings. The highest BCUT2D eigenvalue weighted by atomic mass is 32.1. The van der Waals surface area contributed by atoms with E-state index in [-0.39, 0.29) is 0 Å². The van der Waals surface area contributed by atoms with Gasteiger partial charge in [0.2, 0.25) is 0 Å². The molecule has 0 radical (unpaired) electrons. The summed E-state index contributed by atoms with van der Waals surface area (Å²) in [6.07, 6.45) is 0. The summed E-state index contributed by atoms with van der Waals surface area (Å²) < 4.78 is 1.23. The first-order valence-electron chi connectivity index (χ1n) is 3.98. The molecule has 2 aromatic heterocycles. The Balaban J connectivity index is 2.60.